The molecule has 0 atom stereocenters. The smallest absolute Gasteiger partial charge is 0.744 e. The quantitative estimate of drug-likeness (QED) is 0.738. The molecule has 0 saturated carbocycles. The summed E-state index contributed by atoms with van der Waals surface area (Å²) in [4.78, 5) is -2.01. The average molecular weight is 345 g/mol. The summed E-state index contributed by atoms with van der Waals surface area (Å²) >= 11 is 0. The van der Waals surface area contributed by atoms with Crippen LogP contribution in [0.1, 0.15) is 0 Å². The minimum absolute atomic E-state index is 0. The topological polar surface area (TPSA) is 114 Å². The van der Waals surface area contributed by atoms with Crippen molar-refractivity contribution in [2.24, 2.45) is 0 Å². The zero-order valence-corrected chi connectivity index (χ0v) is 11.7. The molecule has 2 aromatic carbocycles. The molecule has 0 aliphatic heterocycles. The number of rotatable bonds is 2. The molecule has 103 valence electrons. The Hall–Kier alpha value is -0.974. The zero-order chi connectivity index (χ0) is 13.6. The Labute approximate surface area is 120 Å². The molecule has 0 aliphatic carbocycles. The van der Waals surface area contributed by atoms with E-state index in [-0.39, 0.29) is 22.2 Å². The molecular formula is C10H6CoO6S2. The van der Waals surface area contributed by atoms with Crippen molar-refractivity contribution in [3.05, 3.63) is 36.4 Å². The van der Waals surface area contributed by atoms with E-state index in [1.807, 2.05) is 0 Å². The van der Waals surface area contributed by atoms with Crippen LogP contribution in [0.5, 0.6) is 0 Å². The van der Waals surface area contributed by atoms with Crippen LogP contribution in [0.3, 0.4) is 0 Å². The molecular weight excluding hydrogens is 339 g/mol. The van der Waals surface area contributed by atoms with Gasteiger partial charge in [0.15, 0.2) is 0 Å². The fraction of sp³-hybridized carbons (Fsp3) is 0. The molecule has 1 radical (unpaired) electrons. The SMILES string of the molecule is O=S(=O)([O-])c1ccc2ccccc2c1S(=O)(=O)[O-].[Co+2]. The summed E-state index contributed by atoms with van der Waals surface area (Å²) in [6.45, 7) is 0. The second kappa shape index (κ2) is 5.19. The van der Waals surface area contributed by atoms with Crippen LogP contribution in [-0.2, 0) is 37.0 Å². The van der Waals surface area contributed by atoms with Gasteiger partial charge in [0.2, 0.25) is 0 Å². The molecule has 0 amide bonds. The van der Waals surface area contributed by atoms with Gasteiger partial charge in [-0.05, 0) is 11.5 Å². The Kier molecular flexibility index (Phi) is 4.39. The summed E-state index contributed by atoms with van der Waals surface area (Å²) in [5.74, 6) is 0. The van der Waals surface area contributed by atoms with Gasteiger partial charge in [0.1, 0.15) is 20.2 Å². The summed E-state index contributed by atoms with van der Waals surface area (Å²) in [6.07, 6.45) is 0. The maximum Gasteiger partial charge on any atom is 2.00 e. The summed E-state index contributed by atoms with van der Waals surface area (Å²) in [7, 11) is -10.1. The van der Waals surface area contributed by atoms with Crippen LogP contribution in [0.2, 0.25) is 0 Å². The van der Waals surface area contributed by atoms with E-state index in [2.05, 4.69) is 0 Å². The van der Waals surface area contributed by atoms with E-state index < -0.39 is 30.0 Å². The van der Waals surface area contributed by atoms with Crippen LogP contribution >= 0.6 is 0 Å². The maximum absolute atomic E-state index is 11.2. The second-order valence-electron chi connectivity index (χ2n) is 3.52. The minimum atomic E-state index is -5.07. The van der Waals surface area contributed by atoms with E-state index in [1.54, 1.807) is 6.07 Å². The third kappa shape index (κ3) is 3.13. The van der Waals surface area contributed by atoms with Crippen molar-refractivity contribution in [1.82, 2.24) is 0 Å². The molecule has 0 aliphatic rings. The third-order valence-electron chi connectivity index (χ3n) is 2.36. The van der Waals surface area contributed by atoms with Crippen molar-refractivity contribution in [3.8, 4) is 0 Å². The van der Waals surface area contributed by atoms with Gasteiger partial charge < -0.3 is 9.11 Å². The Balaban J connectivity index is 0.00000180. The number of benzene rings is 2. The van der Waals surface area contributed by atoms with Crippen molar-refractivity contribution in [1.29, 1.82) is 0 Å². The standard InChI is InChI=1S/C10H8O6S2.Co/c11-17(12,13)9-6-5-7-3-1-2-4-8(7)10(9)18(14,15)16;/h1-6H,(H,11,12,13)(H,14,15,16);/q;+2/p-2. The minimum Gasteiger partial charge on any atom is -0.744 e. The van der Waals surface area contributed by atoms with Gasteiger partial charge in [-0.25, -0.2) is 16.8 Å². The van der Waals surface area contributed by atoms with Crippen molar-refractivity contribution in [2.45, 2.75) is 9.79 Å². The molecule has 0 aromatic heterocycles. The van der Waals surface area contributed by atoms with Gasteiger partial charge in [0.25, 0.3) is 0 Å². The van der Waals surface area contributed by atoms with Crippen molar-refractivity contribution in [2.75, 3.05) is 0 Å². The van der Waals surface area contributed by atoms with E-state index in [0.29, 0.717) is 5.39 Å². The first-order valence-electron chi connectivity index (χ1n) is 4.65. The Morgan fingerprint density at radius 1 is 0.789 bits per heavy atom. The molecule has 0 unspecified atom stereocenters. The van der Waals surface area contributed by atoms with Crippen LogP contribution in [0, 0.1) is 0 Å². The molecule has 2 rings (SSSR count). The van der Waals surface area contributed by atoms with Crippen molar-refractivity contribution in [3.63, 3.8) is 0 Å². The summed E-state index contributed by atoms with van der Waals surface area (Å²) < 4.78 is 66.4. The van der Waals surface area contributed by atoms with Crippen molar-refractivity contribution >= 4 is 31.0 Å². The van der Waals surface area contributed by atoms with Gasteiger partial charge in [-0.1, -0.05) is 30.3 Å². The second-order valence-corrected chi connectivity index (χ2v) is 6.19. The van der Waals surface area contributed by atoms with E-state index in [9.17, 15) is 25.9 Å². The largest absolute Gasteiger partial charge is 2.00 e. The first-order valence-corrected chi connectivity index (χ1v) is 7.46. The molecule has 9 heteroatoms. The predicted molar refractivity (Wildman–Crippen MR) is 59.9 cm³/mol. The van der Waals surface area contributed by atoms with Crippen LogP contribution in [0.15, 0.2) is 46.2 Å². The molecule has 0 N–H and O–H groups in total. The van der Waals surface area contributed by atoms with Gasteiger partial charge >= 0.3 is 16.8 Å². The fourth-order valence-corrected chi connectivity index (χ4v) is 3.63. The van der Waals surface area contributed by atoms with Crippen LogP contribution < -0.4 is 0 Å². The summed E-state index contributed by atoms with van der Waals surface area (Å²) in [5, 5.41) is 0.281. The van der Waals surface area contributed by atoms with Gasteiger partial charge in [-0.2, -0.15) is 0 Å². The third-order valence-corrected chi connectivity index (χ3v) is 4.31. The Bertz CT molecular complexity index is 826. The first-order chi connectivity index (χ1) is 8.21. The molecule has 19 heavy (non-hydrogen) atoms. The number of fused-ring (bicyclic) bond motifs is 1. The van der Waals surface area contributed by atoms with Crippen LogP contribution in [0.25, 0.3) is 10.8 Å². The monoisotopic (exact) mass is 345 g/mol. The number of hydrogen-bond acceptors (Lipinski definition) is 6. The van der Waals surface area contributed by atoms with E-state index in [4.69, 9.17) is 0 Å². The maximum atomic E-state index is 11.2. The number of hydrogen-bond donors (Lipinski definition) is 0. The Morgan fingerprint density at radius 3 is 1.89 bits per heavy atom. The van der Waals surface area contributed by atoms with Crippen LogP contribution in [-0.4, -0.2) is 25.9 Å². The molecule has 6 nitrogen and oxygen atoms in total. The van der Waals surface area contributed by atoms with E-state index in [1.165, 1.54) is 24.3 Å². The summed E-state index contributed by atoms with van der Waals surface area (Å²) in [5.41, 5.74) is 0. The van der Waals surface area contributed by atoms with E-state index in [0.717, 1.165) is 6.07 Å². The summed E-state index contributed by atoms with van der Waals surface area (Å²) in [6, 6.07) is 7.91. The molecule has 0 fully saturated rings. The molecule has 0 saturated heterocycles. The van der Waals surface area contributed by atoms with E-state index >= 15 is 0 Å². The van der Waals surface area contributed by atoms with Gasteiger partial charge in [-0.3, -0.25) is 0 Å². The van der Waals surface area contributed by atoms with Gasteiger partial charge in [-0.15, -0.1) is 0 Å². The zero-order valence-electron chi connectivity index (χ0n) is 9.06. The van der Waals surface area contributed by atoms with Crippen LogP contribution in [0.4, 0.5) is 0 Å². The van der Waals surface area contributed by atoms with Gasteiger partial charge in [0, 0.05) is 5.39 Å². The molecule has 0 bridgehead atoms. The average Bonchev–Trinajstić information content (AvgIpc) is 2.24. The Morgan fingerprint density at radius 2 is 1.37 bits per heavy atom. The normalized spacial score (nSPS) is 12.1. The predicted octanol–water partition coefficient (Wildman–Crippen LogP) is 0.646. The molecule has 0 heterocycles. The molecule has 2 aromatic rings. The van der Waals surface area contributed by atoms with Gasteiger partial charge in [0.05, 0.1) is 9.79 Å². The fourth-order valence-electron chi connectivity index (χ4n) is 1.68. The molecule has 0 spiro atoms. The van der Waals surface area contributed by atoms with Crippen molar-refractivity contribution < 1.29 is 42.7 Å². The first kappa shape index (κ1) is 16.1.